The molecule has 2 rings (SSSR count). The number of hydrogen-bond acceptors (Lipinski definition) is 4. The van der Waals surface area contributed by atoms with Gasteiger partial charge in [0, 0.05) is 30.4 Å². The van der Waals surface area contributed by atoms with Crippen molar-refractivity contribution in [2.24, 2.45) is 5.16 Å². The molecule has 1 saturated heterocycles. The van der Waals surface area contributed by atoms with Crippen LogP contribution in [0.4, 0.5) is 0 Å². The molecule has 2 N–H and O–H groups in total. The number of oxime groups is 1. The highest BCUT2D eigenvalue weighted by molar-refractivity contribution is 9.10. The van der Waals surface area contributed by atoms with E-state index >= 15 is 0 Å². The fraction of sp³-hybridized carbons (Fsp3) is 0.333. The van der Waals surface area contributed by atoms with Crippen LogP contribution in [0.2, 0.25) is 0 Å². The highest BCUT2D eigenvalue weighted by Crippen LogP contribution is 2.24. The summed E-state index contributed by atoms with van der Waals surface area (Å²) in [6, 6.07) is 4.81. The van der Waals surface area contributed by atoms with E-state index in [0.29, 0.717) is 37.2 Å². The lowest BCUT2D eigenvalue weighted by Crippen LogP contribution is -2.38. The van der Waals surface area contributed by atoms with Gasteiger partial charge in [-0.2, -0.15) is 0 Å². The maximum absolute atomic E-state index is 12.2. The first-order valence-electron chi connectivity index (χ1n) is 5.59. The van der Waals surface area contributed by atoms with Crippen molar-refractivity contribution in [3.05, 3.63) is 28.2 Å². The molecule has 1 fully saturated rings. The minimum Gasteiger partial charge on any atom is -0.507 e. The molecule has 96 valence electrons. The van der Waals surface area contributed by atoms with Gasteiger partial charge in [-0.05, 0) is 18.2 Å². The lowest BCUT2D eigenvalue weighted by Gasteiger charge is -2.27. The molecular formula is C12H13BrN2O3. The first-order chi connectivity index (χ1) is 8.61. The normalized spacial score (nSPS) is 15.6. The van der Waals surface area contributed by atoms with Crippen molar-refractivity contribution in [3.8, 4) is 5.75 Å². The third-order valence-corrected chi connectivity index (χ3v) is 3.45. The van der Waals surface area contributed by atoms with Crippen LogP contribution in [0.1, 0.15) is 23.2 Å². The monoisotopic (exact) mass is 312 g/mol. The molecule has 1 aromatic rings. The van der Waals surface area contributed by atoms with Crippen LogP contribution in [0.5, 0.6) is 5.75 Å². The Morgan fingerprint density at radius 1 is 1.33 bits per heavy atom. The number of rotatable bonds is 1. The second kappa shape index (κ2) is 5.39. The van der Waals surface area contributed by atoms with Crippen LogP contribution in [-0.4, -0.2) is 39.9 Å². The molecular weight excluding hydrogens is 300 g/mol. The number of phenolic OH excluding ortho intramolecular Hbond substituents is 1. The average Bonchev–Trinajstić information content (AvgIpc) is 2.38. The Morgan fingerprint density at radius 2 is 2.00 bits per heavy atom. The topological polar surface area (TPSA) is 73.1 Å². The number of likely N-dealkylation sites (tertiary alicyclic amines) is 1. The van der Waals surface area contributed by atoms with Crippen LogP contribution >= 0.6 is 15.9 Å². The van der Waals surface area contributed by atoms with Crippen molar-refractivity contribution in [2.45, 2.75) is 12.8 Å². The summed E-state index contributed by atoms with van der Waals surface area (Å²) in [7, 11) is 0. The van der Waals surface area contributed by atoms with Crippen LogP contribution in [0.25, 0.3) is 0 Å². The summed E-state index contributed by atoms with van der Waals surface area (Å²) in [5.74, 6) is -0.229. The second-order valence-corrected chi connectivity index (χ2v) is 5.04. The molecule has 1 aliphatic heterocycles. The van der Waals surface area contributed by atoms with E-state index in [0.717, 1.165) is 4.47 Å². The van der Waals surface area contributed by atoms with E-state index in [2.05, 4.69) is 21.1 Å². The Bertz CT molecular complexity index is 492. The third kappa shape index (κ3) is 2.64. The van der Waals surface area contributed by atoms with Gasteiger partial charge in [0.05, 0.1) is 11.3 Å². The van der Waals surface area contributed by atoms with Crippen molar-refractivity contribution in [1.29, 1.82) is 0 Å². The molecule has 0 saturated carbocycles. The number of piperidine rings is 1. The summed E-state index contributed by atoms with van der Waals surface area (Å²) in [5.41, 5.74) is 1.00. The highest BCUT2D eigenvalue weighted by atomic mass is 79.9. The number of carbonyl (C=O) groups is 1. The lowest BCUT2D eigenvalue weighted by molar-refractivity contribution is 0.0750. The Labute approximate surface area is 113 Å². The van der Waals surface area contributed by atoms with Gasteiger partial charge in [-0.25, -0.2) is 0 Å². The van der Waals surface area contributed by atoms with E-state index in [9.17, 15) is 9.90 Å². The lowest BCUT2D eigenvalue weighted by atomic mass is 10.1. The Morgan fingerprint density at radius 3 is 2.56 bits per heavy atom. The molecule has 1 amide bonds. The van der Waals surface area contributed by atoms with Gasteiger partial charge < -0.3 is 15.2 Å². The van der Waals surface area contributed by atoms with E-state index in [1.165, 1.54) is 6.07 Å². The Hall–Kier alpha value is -1.56. The average molecular weight is 313 g/mol. The summed E-state index contributed by atoms with van der Waals surface area (Å²) in [6.45, 7) is 1.02. The molecule has 1 heterocycles. The van der Waals surface area contributed by atoms with Gasteiger partial charge in [-0.1, -0.05) is 21.1 Å². The zero-order valence-corrected chi connectivity index (χ0v) is 11.2. The molecule has 0 atom stereocenters. The predicted molar refractivity (Wildman–Crippen MR) is 70.2 cm³/mol. The molecule has 0 radical (unpaired) electrons. The van der Waals surface area contributed by atoms with Gasteiger partial charge >= 0.3 is 0 Å². The zero-order chi connectivity index (χ0) is 13.1. The SMILES string of the molecule is O=C(c1ccc(Br)cc1O)N1CCC(=NO)CC1. The molecule has 0 bridgehead atoms. The molecule has 5 nitrogen and oxygen atoms in total. The van der Waals surface area contributed by atoms with Gasteiger partial charge in [-0.3, -0.25) is 4.79 Å². The maximum Gasteiger partial charge on any atom is 0.257 e. The van der Waals surface area contributed by atoms with Gasteiger partial charge in [0.1, 0.15) is 5.75 Å². The molecule has 1 aliphatic rings. The minimum atomic E-state index is -0.197. The first-order valence-corrected chi connectivity index (χ1v) is 6.38. The number of halogens is 1. The molecule has 0 aromatic heterocycles. The quantitative estimate of drug-likeness (QED) is 0.617. The van der Waals surface area contributed by atoms with Crippen LogP contribution in [0, 0.1) is 0 Å². The van der Waals surface area contributed by atoms with Crippen molar-refractivity contribution >= 4 is 27.5 Å². The molecule has 18 heavy (non-hydrogen) atoms. The molecule has 0 unspecified atom stereocenters. The molecule has 0 aliphatic carbocycles. The number of phenols is 1. The molecule has 1 aromatic carbocycles. The van der Waals surface area contributed by atoms with E-state index in [1.807, 2.05) is 0 Å². The van der Waals surface area contributed by atoms with Crippen molar-refractivity contribution in [2.75, 3.05) is 13.1 Å². The summed E-state index contributed by atoms with van der Waals surface area (Å²) >= 11 is 3.23. The van der Waals surface area contributed by atoms with Gasteiger partial charge in [0.15, 0.2) is 0 Å². The number of carbonyl (C=O) groups excluding carboxylic acids is 1. The van der Waals surface area contributed by atoms with E-state index < -0.39 is 0 Å². The van der Waals surface area contributed by atoms with Crippen LogP contribution < -0.4 is 0 Å². The third-order valence-electron chi connectivity index (χ3n) is 2.96. The summed E-state index contributed by atoms with van der Waals surface area (Å²) < 4.78 is 0.727. The second-order valence-electron chi connectivity index (χ2n) is 4.12. The van der Waals surface area contributed by atoms with Crippen molar-refractivity contribution in [1.82, 2.24) is 4.90 Å². The van der Waals surface area contributed by atoms with Crippen LogP contribution in [-0.2, 0) is 0 Å². The van der Waals surface area contributed by atoms with E-state index in [1.54, 1.807) is 17.0 Å². The van der Waals surface area contributed by atoms with Gasteiger partial charge in [0.2, 0.25) is 0 Å². The summed E-state index contributed by atoms with van der Waals surface area (Å²) in [5, 5.41) is 21.6. The summed E-state index contributed by atoms with van der Waals surface area (Å²) in [4.78, 5) is 13.8. The predicted octanol–water partition coefficient (Wildman–Crippen LogP) is 2.22. The standard InChI is InChI=1S/C12H13BrN2O3/c13-8-1-2-10(11(16)7-8)12(17)15-5-3-9(14-18)4-6-15/h1-2,7,16,18H,3-6H2. The van der Waals surface area contributed by atoms with Gasteiger partial charge in [-0.15, -0.1) is 0 Å². The molecule has 6 heteroatoms. The van der Waals surface area contributed by atoms with E-state index in [4.69, 9.17) is 5.21 Å². The van der Waals surface area contributed by atoms with Gasteiger partial charge in [0.25, 0.3) is 5.91 Å². The smallest absolute Gasteiger partial charge is 0.257 e. The minimum absolute atomic E-state index is 0.0315. The largest absolute Gasteiger partial charge is 0.507 e. The number of aromatic hydroxyl groups is 1. The molecule has 0 spiro atoms. The first kappa shape index (κ1) is 12.9. The zero-order valence-electron chi connectivity index (χ0n) is 9.64. The van der Waals surface area contributed by atoms with Crippen LogP contribution in [0.15, 0.2) is 27.8 Å². The highest BCUT2D eigenvalue weighted by Gasteiger charge is 2.23. The van der Waals surface area contributed by atoms with Crippen LogP contribution in [0.3, 0.4) is 0 Å². The fourth-order valence-corrected chi connectivity index (χ4v) is 2.27. The summed E-state index contributed by atoms with van der Waals surface area (Å²) in [6.07, 6.45) is 1.14. The number of nitrogens with zero attached hydrogens (tertiary/aromatic N) is 2. The number of amides is 1. The fourth-order valence-electron chi connectivity index (χ4n) is 1.92. The number of hydrogen-bond donors (Lipinski definition) is 2. The van der Waals surface area contributed by atoms with Crippen molar-refractivity contribution < 1.29 is 15.1 Å². The maximum atomic E-state index is 12.2. The Balaban J connectivity index is 2.12. The van der Waals surface area contributed by atoms with E-state index in [-0.39, 0.29) is 11.7 Å². The van der Waals surface area contributed by atoms with Crippen molar-refractivity contribution in [3.63, 3.8) is 0 Å². The number of benzene rings is 1. The Kier molecular flexibility index (Phi) is 3.86.